The van der Waals surface area contributed by atoms with Gasteiger partial charge in [-0.3, -0.25) is 4.79 Å². The normalized spacial score (nSPS) is 10.3. The van der Waals surface area contributed by atoms with Crippen LogP contribution < -0.4 is 9.47 Å². The molecule has 148 valence electrons. The predicted molar refractivity (Wildman–Crippen MR) is 108 cm³/mol. The van der Waals surface area contributed by atoms with E-state index in [1.165, 1.54) is 14.2 Å². The van der Waals surface area contributed by atoms with E-state index in [9.17, 15) is 14.7 Å². The SMILES string of the molecule is COc1ccc(OC)c(C(=O)COC(=O)c2ccc(-c3ccc(O)cc3)cc2)c1. The average Bonchev–Trinajstić information content (AvgIpc) is 2.77. The molecule has 6 heteroatoms. The summed E-state index contributed by atoms with van der Waals surface area (Å²) in [7, 11) is 2.96. The Labute approximate surface area is 168 Å². The Kier molecular flexibility index (Phi) is 6.14. The minimum Gasteiger partial charge on any atom is -0.508 e. The van der Waals surface area contributed by atoms with E-state index in [4.69, 9.17) is 14.2 Å². The quantitative estimate of drug-likeness (QED) is 0.481. The van der Waals surface area contributed by atoms with Crippen LogP contribution in [0.25, 0.3) is 11.1 Å². The van der Waals surface area contributed by atoms with Crippen LogP contribution in [0.5, 0.6) is 17.2 Å². The molecule has 29 heavy (non-hydrogen) atoms. The highest BCUT2D eigenvalue weighted by Crippen LogP contribution is 2.25. The second-order valence-electron chi connectivity index (χ2n) is 6.19. The molecule has 0 aliphatic heterocycles. The number of phenolic OH excluding ortho intramolecular Hbond substituents is 1. The lowest BCUT2D eigenvalue weighted by Crippen LogP contribution is -2.15. The van der Waals surface area contributed by atoms with Crippen LogP contribution in [0.4, 0.5) is 0 Å². The van der Waals surface area contributed by atoms with Gasteiger partial charge in [0.05, 0.1) is 25.3 Å². The van der Waals surface area contributed by atoms with Crippen molar-refractivity contribution in [3.05, 3.63) is 77.9 Å². The number of Topliss-reactive ketones (excluding diaryl/α,β-unsaturated/α-hetero) is 1. The molecule has 0 unspecified atom stereocenters. The number of hydrogen-bond donors (Lipinski definition) is 1. The van der Waals surface area contributed by atoms with Gasteiger partial charge in [0.25, 0.3) is 0 Å². The standard InChI is InChI=1S/C23H20O6/c1-27-19-11-12-22(28-2)20(13-19)21(25)14-29-23(26)17-5-3-15(4-6-17)16-7-9-18(24)10-8-16/h3-13,24H,14H2,1-2H3. The summed E-state index contributed by atoms with van der Waals surface area (Å²) < 4.78 is 15.5. The molecule has 1 N–H and O–H groups in total. The second kappa shape index (κ2) is 8.93. The number of rotatable bonds is 7. The second-order valence-corrected chi connectivity index (χ2v) is 6.19. The van der Waals surface area contributed by atoms with Gasteiger partial charge in [-0.1, -0.05) is 24.3 Å². The summed E-state index contributed by atoms with van der Waals surface area (Å²) in [6.07, 6.45) is 0. The maximum Gasteiger partial charge on any atom is 0.338 e. The number of aromatic hydroxyl groups is 1. The topological polar surface area (TPSA) is 82.1 Å². The molecule has 0 atom stereocenters. The molecular weight excluding hydrogens is 372 g/mol. The van der Waals surface area contributed by atoms with E-state index in [0.717, 1.165) is 11.1 Å². The Balaban J connectivity index is 1.66. The predicted octanol–water partition coefficient (Wildman–Crippen LogP) is 4.12. The zero-order valence-corrected chi connectivity index (χ0v) is 16.0. The molecule has 0 radical (unpaired) electrons. The number of hydrogen-bond acceptors (Lipinski definition) is 6. The number of ether oxygens (including phenoxy) is 3. The van der Waals surface area contributed by atoms with Gasteiger partial charge in [-0.15, -0.1) is 0 Å². The van der Waals surface area contributed by atoms with Gasteiger partial charge in [0.1, 0.15) is 17.2 Å². The zero-order valence-electron chi connectivity index (χ0n) is 16.0. The molecule has 0 aliphatic rings. The first-order chi connectivity index (χ1) is 14.0. The van der Waals surface area contributed by atoms with Crippen molar-refractivity contribution in [2.45, 2.75) is 0 Å². The van der Waals surface area contributed by atoms with Crippen molar-refractivity contribution in [3.8, 4) is 28.4 Å². The molecule has 0 saturated carbocycles. The van der Waals surface area contributed by atoms with E-state index < -0.39 is 18.4 Å². The number of carbonyl (C=O) groups excluding carboxylic acids is 2. The van der Waals surface area contributed by atoms with Crippen molar-refractivity contribution in [3.63, 3.8) is 0 Å². The number of carbonyl (C=O) groups is 2. The van der Waals surface area contributed by atoms with Crippen LogP contribution in [0.2, 0.25) is 0 Å². The van der Waals surface area contributed by atoms with E-state index in [2.05, 4.69) is 0 Å². The smallest absolute Gasteiger partial charge is 0.338 e. The Bertz CT molecular complexity index is 1010. The van der Waals surface area contributed by atoms with Crippen LogP contribution in [-0.2, 0) is 4.74 Å². The van der Waals surface area contributed by atoms with Gasteiger partial charge in [0, 0.05) is 0 Å². The van der Waals surface area contributed by atoms with Gasteiger partial charge in [0.2, 0.25) is 5.78 Å². The lowest BCUT2D eigenvalue weighted by molar-refractivity contribution is 0.0474. The number of methoxy groups -OCH3 is 2. The monoisotopic (exact) mass is 392 g/mol. The van der Waals surface area contributed by atoms with Gasteiger partial charge in [-0.25, -0.2) is 4.79 Å². The first-order valence-corrected chi connectivity index (χ1v) is 8.83. The van der Waals surface area contributed by atoms with Crippen LogP contribution in [-0.4, -0.2) is 37.7 Å². The molecule has 3 rings (SSSR count). The first-order valence-electron chi connectivity index (χ1n) is 8.83. The van der Waals surface area contributed by atoms with E-state index in [-0.39, 0.29) is 11.3 Å². The van der Waals surface area contributed by atoms with E-state index in [1.807, 2.05) is 0 Å². The first kappa shape index (κ1) is 19.9. The van der Waals surface area contributed by atoms with Gasteiger partial charge >= 0.3 is 5.97 Å². The summed E-state index contributed by atoms with van der Waals surface area (Å²) in [5.41, 5.74) is 2.40. The Morgan fingerprint density at radius 3 is 2.03 bits per heavy atom. The highest BCUT2D eigenvalue weighted by Gasteiger charge is 2.17. The third kappa shape index (κ3) is 4.73. The van der Waals surface area contributed by atoms with Crippen LogP contribution in [0.3, 0.4) is 0 Å². The number of esters is 1. The van der Waals surface area contributed by atoms with Crippen molar-refractivity contribution < 1.29 is 28.9 Å². The Morgan fingerprint density at radius 2 is 1.45 bits per heavy atom. The fraction of sp³-hybridized carbons (Fsp3) is 0.130. The van der Waals surface area contributed by atoms with Crippen LogP contribution in [0, 0.1) is 0 Å². The number of benzene rings is 3. The summed E-state index contributed by atoms with van der Waals surface area (Å²) in [4.78, 5) is 24.7. The lowest BCUT2D eigenvalue weighted by Gasteiger charge is -2.10. The van der Waals surface area contributed by atoms with Gasteiger partial charge in [0.15, 0.2) is 6.61 Å². The molecular formula is C23H20O6. The highest BCUT2D eigenvalue weighted by atomic mass is 16.5. The Hall–Kier alpha value is -3.80. The van der Waals surface area contributed by atoms with Crippen molar-refractivity contribution in [2.75, 3.05) is 20.8 Å². The molecule has 0 aliphatic carbocycles. The molecule has 0 bridgehead atoms. The largest absolute Gasteiger partial charge is 0.508 e. The fourth-order valence-electron chi connectivity index (χ4n) is 2.78. The lowest BCUT2D eigenvalue weighted by atomic mass is 10.0. The maximum atomic E-state index is 12.5. The molecule has 0 spiro atoms. The average molecular weight is 392 g/mol. The third-order valence-corrected chi connectivity index (χ3v) is 4.36. The van der Waals surface area contributed by atoms with E-state index in [1.54, 1.807) is 66.7 Å². The summed E-state index contributed by atoms with van der Waals surface area (Å²) in [5.74, 6) is 0.0777. The molecule has 3 aromatic rings. The van der Waals surface area contributed by atoms with Crippen molar-refractivity contribution in [1.29, 1.82) is 0 Å². The van der Waals surface area contributed by atoms with Gasteiger partial charge in [-0.2, -0.15) is 0 Å². The minimum atomic E-state index is -0.600. The minimum absolute atomic E-state index is 0.186. The fourth-order valence-corrected chi connectivity index (χ4v) is 2.78. The molecule has 3 aromatic carbocycles. The molecule has 0 heterocycles. The Morgan fingerprint density at radius 1 is 0.828 bits per heavy atom. The van der Waals surface area contributed by atoms with Crippen molar-refractivity contribution >= 4 is 11.8 Å². The highest BCUT2D eigenvalue weighted by molar-refractivity contribution is 6.01. The third-order valence-electron chi connectivity index (χ3n) is 4.36. The zero-order chi connectivity index (χ0) is 20.8. The number of ketones is 1. The van der Waals surface area contributed by atoms with E-state index >= 15 is 0 Å². The molecule has 0 fully saturated rings. The molecule has 0 amide bonds. The summed E-state index contributed by atoms with van der Waals surface area (Å²) in [6, 6.07) is 18.4. The van der Waals surface area contributed by atoms with Crippen LogP contribution >= 0.6 is 0 Å². The van der Waals surface area contributed by atoms with Crippen molar-refractivity contribution in [1.82, 2.24) is 0 Å². The summed E-state index contributed by atoms with van der Waals surface area (Å²) in [5, 5.41) is 9.37. The van der Waals surface area contributed by atoms with Gasteiger partial charge in [-0.05, 0) is 53.6 Å². The van der Waals surface area contributed by atoms with E-state index in [0.29, 0.717) is 17.1 Å². The number of phenols is 1. The summed E-state index contributed by atoms with van der Waals surface area (Å²) in [6.45, 7) is -0.415. The molecule has 0 aromatic heterocycles. The van der Waals surface area contributed by atoms with Crippen LogP contribution in [0.1, 0.15) is 20.7 Å². The summed E-state index contributed by atoms with van der Waals surface area (Å²) >= 11 is 0. The maximum absolute atomic E-state index is 12.5. The van der Waals surface area contributed by atoms with Crippen LogP contribution in [0.15, 0.2) is 66.7 Å². The molecule has 0 saturated heterocycles. The van der Waals surface area contributed by atoms with Gasteiger partial charge < -0.3 is 19.3 Å². The van der Waals surface area contributed by atoms with Crippen molar-refractivity contribution in [2.24, 2.45) is 0 Å². The molecule has 6 nitrogen and oxygen atoms in total.